The number of halogens is 1. The van der Waals surface area contributed by atoms with Crippen molar-refractivity contribution in [3.63, 3.8) is 0 Å². The highest BCUT2D eigenvalue weighted by Crippen LogP contribution is 2.33. The molecule has 0 fully saturated rings. The topological polar surface area (TPSA) is 91.1 Å². The van der Waals surface area contributed by atoms with Crippen LogP contribution in [0.3, 0.4) is 0 Å². The van der Waals surface area contributed by atoms with Gasteiger partial charge in [-0.2, -0.15) is 0 Å². The molecule has 150 valence electrons. The number of carbonyl (C=O) groups is 1. The number of urea groups is 1. The molecule has 3 heterocycles. The van der Waals surface area contributed by atoms with Gasteiger partial charge in [-0.05, 0) is 42.7 Å². The second kappa shape index (κ2) is 7.20. The highest BCUT2D eigenvalue weighted by Gasteiger charge is 2.21. The SMILES string of the molecule is Cc1c(N)cc(F)cc1-c1ncnc2[nH]c(C3=CCN(C(=O)N(C)C)CC3)cc12. The first kappa shape index (κ1) is 18.9. The van der Waals surface area contributed by atoms with Crippen LogP contribution in [0.5, 0.6) is 0 Å². The summed E-state index contributed by atoms with van der Waals surface area (Å²) in [4.78, 5) is 27.6. The Labute approximate surface area is 168 Å². The summed E-state index contributed by atoms with van der Waals surface area (Å²) >= 11 is 0. The molecule has 0 atom stereocenters. The second-order valence-electron chi connectivity index (χ2n) is 7.44. The van der Waals surface area contributed by atoms with Gasteiger partial charge in [0.15, 0.2) is 0 Å². The first-order valence-corrected chi connectivity index (χ1v) is 9.40. The Morgan fingerprint density at radius 2 is 2.07 bits per heavy atom. The molecule has 7 nitrogen and oxygen atoms in total. The van der Waals surface area contributed by atoms with Gasteiger partial charge in [0.25, 0.3) is 0 Å². The highest BCUT2D eigenvalue weighted by atomic mass is 19.1. The van der Waals surface area contributed by atoms with Crippen molar-refractivity contribution in [2.24, 2.45) is 0 Å². The average molecular weight is 394 g/mol. The van der Waals surface area contributed by atoms with Crippen molar-refractivity contribution in [3.05, 3.63) is 47.7 Å². The number of nitrogens with one attached hydrogen (secondary N) is 1. The molecule has 0 radical (unpaired) electrons. The Bertz CT molecular complexity index is 1130. The van der Waals surface area contributed by atoms with Crippen LogP contribution in [0.1, 0.15) is 17.7 Å². The molecule has 0 spiro atoms. The number of amides is 2. The van der Waals surface area contributed by atoms with Crippen LogP contribution in [-0.4, -0.2) is 58.0 Å². The smallest absolute Gasteiger partial charge is 0.319 e. The Morgan fingerprint density at radius 3 is 2.76 bits per heavy atom. The summed E-state index contributed by atoms with van der Waals surface area (Å²) in [5.74, 6) is -0.397. The Morgan fingerprint density at radius 1 is 1.28 bits per heavy atom. The molecule has 1 aliphatic heterocycles. The number of H-pyrrole nitrogens is 1. The standard InChI is InChI=1S/C21H23FN6O/c1-12-15(8-14(22)9-17(12)23)19-16-10-18(26-20(16)25-11-24-19)13-4-6-28(7-5-13)21(29)27(2)3/h4,8-11H,5-7,23H2,1-3H3,(H,24,25,26). The molecule has 0 aliphatic carbocycles. The van der Waals surface area contributed by atoms with Crippen molar-refractivity contribution in [1.29, 1.82) is 0 Å². The van der Waals surface area contributed by atoms with Crippen LogP contribution in [-0.2, 0) is 0 Å². The van der Waals surface area contributed by atoms with Gasteiger partial charge < -0.3 is 20.5 Å². The van der Waals surface area contributed by atoms with E-state index in [4.69, 9.17) is 5.73 Å². The summed E-state index contributed by atoms with van der Waals surface area (Å²) in [5.41, 5.74) is 11.1. The quantitative estimate of drug-likeness (QED) is 0.652. The summed E-state index contributed by atoms with van der Waals surface area (Å²) < 4.78 is 14.0. The minimum absolute atomic E-state index is 0.00395. The number of rotatable bonds is 2. The second-order valence-corrected chi connectivity index (χ2v) is 7.44. The summed E-state index contributed by atoms with van der Waals surface area (Å²) in [6, 6.07) is 4.75. The normalized spacial score (nSPS) is 14.2. The van der Waals surface area contributed by atoms with E-state index in [1.807, 2.05) is 19.1 Å². The van der Waals surface area contributed by atoms with Crippen LogP contribution in [0.15, 0.2) is 30.6 Å². The van der Waals surface area contributed by atoms with E-state index in [1.54, 1.807) is 23.9 Å². The maximum Gasteiger partial charge on any atom is 0.319 e. The zero-order valence-corrected chi connectivity index (χ0v) is 16.7. The van der Waals surface area contributed by atoms with Crippen molar-refractivity contribution in [1.82, 2.24) is 24.8 Å². The Balaban J connectivity index is 1.72. The molecule has 1 aromatic carbocycles. The Kier molecular flexibility index (Phi) is 4.70. The van der Waals surface area contributed by atoms with Crippen LogP contribution in [0.2, 0.25) is 0 Å². The van der Waals surface area contributed by atoms with Gasteiger partial charge in [-0.25, -0.2) is 19.2 Å². The predicted molar refractivity (Wildman–Crippen MR) is 112 cm³/mol. The van der Waals surface area contributed by atoms with E-state index >= 15 is 0 Å². The fraction of sp³-hybridized carbons (Fsp3) is 0.286. The third-order valence-electron chi connectivity index (χ3n) is 5.30. The van der Waals surface area contributed by atoms with Crippen LogP contribution in [0.4, 0.5) is 14.9 Å². The van der Waals surface area contributed by atoms with Crippen LogP contribution < -0.4 is 5.73 Å². The third-order valence-corrected chi connectivity index (χ3v) is 5.30. The van der Waals surface area contributed by atoms with Gasteiger partial charge in [-0.1, -0.05) is 6.08 Å². The van der Waals surface area contributed by atoms with Crippen LogP contribution >= 0.6 is 0 Å². The van der Waals surface area contributed by atoms with Gasteiger partial charge in [-0.3, -0.25) is 0 Å². The number of anilines is 1. The summed E-state index contributed by atoms with van der Waals surface area (Å²) in [5, 5.41) is 0.809. The number of hydrogen-bond acceptors (Lipinski definition) is 4. The molecule has 29 heavy (non-hydrogen) atoms. The molecule has 1 aliphatic rings. The highest BCUT2D eigenvalue weighted by molar-refractivity contribution is 5.94. The van der Waals surface area contributed by atoms with E-state index in [9.17, 15) is 9.18 Å². The van der Waals surface area contributed by atoms with E-state index in [0.29, 0.717) is 35.7 Å². The summed E-state index contributed by atoms with van der Waals surface area (Å²) in [7, 11) is 3.50. The molecular formula is C21H23FN6O. The molecule has 0 saturated carbocycles. The maximum atomic E-state index is 14.0. The molecular weight excluding hydrogens is 371 g/mol. The number of aromatic nitrogens is 3. The molecule has 3 aromatic rings. The zero-order chi connectivity index (χ0) is 20.7. The largest absolute Gasteiger partial charge is 0.398 e. The molecule has 0 unspecified atom stereocenters. The lowest BCUT2D eigenvalue weighted by Crippen LogP contribution is -2.41. The lowest BCUT2D eigenvalue weighted by Gasteiger charge is -2.28. The lowest BCUT2D eigenvalue weighted by molar-refractivity contribution is 0.176. The van der Waals surface area contributed by atoms with Crippen LogP contribution in [0, 0.1) is 12.7 Å². The molecule has 0 saturated heterocycles. The van der Waals surface area contributed by atoms with Gasteiger partial charge in [0.05, 0.1) is 5.69 Å². The number of carbonyl (C=O) groups excluding carboxylic acids is 1. The monoisotopic (exact) mass is 394 g/mol. The van der Waals surface area contributed by atoms with Gasteiger partial charge in [0.2, 0.25) is 0 Å². The number of nitrogens with zero attached hydrogens (tertiary/aromatic N) is 4. The average Bonchev–Trinajstić information content (AvgIpc) is 3.14. The molecule has 2 amide bonds. The van der Waals surface area contributed by atoms with Gasteiger partial charge in [0, 0.05) is 49.5 Å². The van der Waals surface area contributed by atoms with E-state index in [1.165, 1.54) is 18.5 Å². The molecule has 4 rings (SSSR count). The third kappa shape index (κ3) is 3.41. The number of fused-ring (bicyclic) bond motifs is 1. The number of nitrogen functional groups attached to an aromatic ring is 1. The van der Waals surface area contributed by atoms with E-state index in [-0.39, 0.29) is 6.03 Å². The van der Waals surface area contributed by atoms with Gasteiger partial charge in [0.1, 0.15) is 17.8 Å². The first-order chi connectivity index (χ1) is 13.8. The Hall–Kier alpha value is -3.42. The van der Waals surface area contributed by atoms with Crippen molar-refractivity contribution >= 4 is 28.3 Å². The van der Waals surface area contributed by atoms with E-state index in [2.05, 4.69) is 15.0 Å². The van der Waals surface area contributed by atoms with E-state index < -0.39 is 5.82 Å². The molecule has 2 aromatic heterocycles. The van der Waals surface area contributed by atoms with E-state index in [0.717, 1.165) is 28.6 Å². The zero-order valence-electron chi connectivity index (χ0n) is 16.7. The molecule has 0 bridgehead atoms. The number of nitrogens with two attached hydrogens (primary N) is 1. The van der Waals surface area contributed by atoms with Crippen LogP contribution in [0.25, 0.3) is 27.9 Å². The maximum absolute atomic E-state index is 14.0. The number of aromatic amines is 1. The summed E-state index contributed by atoms with van der Waals surface area (Å²) in [6.07, 6.45) is 4.25. The minimum Gasteiger partial charge on any atom is -0.398 e. The van der Waals surface area contributed by atoms with Crippen molar-refractivity contribution in [3.8, 4) is 11.3 Å². The van der Waals surface area contributed by atoms with Gasteiger partial charge >= 0.3 is 6.03 Å². The molecule has 3 N–H and O–H groups in total. The van der Waals surface area contributed by atoms with Crippen molar-refractivity contribution in [2.75, 3.05) is 32.9 Å². The van der Waals surface area contributed by atoms with Crippen molar-refractivity contribution < 1.29 is 9.18 Å². The fourth-order valence-electron chi connectivity index (χ4n) is 3.64. The lowest BCUT2D eigenvalue weighted by atomic mass is 10.0. The van der Waals surface area contributed by atoms with Crippen molar-refractivity contribution in [2.45, 2.75) is 13.3 Å². The summed E-state index contributed by atoms with van der Waals surface area (Å²) in [6.45, 7) is 3.06. The van der Waals surface area contributed by atoms with Gasteiger partial charge in [-0.15, -0.1) is 0 Å². The minimum atomic E-state index is -0.397. The molecule has 8 heteroatoms. The fourth-order valence-corrected chi connectivity index (χ4v) is 3.64. The number of hydrogen-bond donors (Lipinski definition) is 2. The predicted octanol–water partition coefficient (Wildman–Crippen LogP) is 3.43. The first-order valence-electron chi connectivity index (χ1n) is 9.40. The number of benzene rings is 1.